The number of pyridine rings is 1. The zero-order chi connectivity index (χ0) is 27.1. The Hall–Kier alpha value is -3.66. The van der Waals surface area contributed by atoms with E-state index in [4.69, 9.17) is 4.74 Å². The molecular weight excluding hydrogens is 486 g/mol. The maximum atomic E-state index is 13.4. The summed E-state index contributed by atoms with van der Waals surface area (Å²) in [6, 6.07) is 8.21. The molecule has 2 heterocycles. The normalized spacial score (nSPS) is 24.3. The van der Waals surface area contributed by atoms with E-state index in [1.807, 2.05) is 12.1 Å². The molecule has 0 radical (unpaired) electrons. The van der Waals surface area contributed by atoms with Crippen molar-refractivity contribution in [3.63, 3.8) is 0 Å². The number of nitrogens with one attached hydrogen (secondary N) is 3. The van der Waals surface area contributed by atoms with Crippen LogP contribution in [0.25, 0.3) is 0 Å². The third-order valence-electron chi connectivity index (χ3n) is 7.14. The number of aromatic hydroxyl groups is 1. The van der Waals surface area contributed by atoms with Crippen LogP contribution >= 0.6 is 0 Å². The molecule has 3 amide bonds. The molecule has 1 aliphatic carbocycles. The van der Waals surface area contributed by atoms with E-state index in [2.05, 4.69) is 20.9 Å². The summed E-state index contributed by atoms with van der Waals surface area (Å²) < 4.78 is 5.98. The summed E-state index contributed by atoms with van der Waals surface area (Å²) in [5, 5.41) is 18.7. The molecule has 0 unspecified atom stereocenters. The van der Waals surface area contributed by atoms with Crippen molar-refractivity contribution >= 4 is 17.7 Å². The zero-order valence-electron chi connectivity index (χ0n) is 22.0. The highest BCUT2D eigenvalue weighted by Gasteiger charge is 2.39. The van der Waals surface area contributed by atoms with Crippen LogP contribution in [0.1, 0.15) is 37.4 Å². The maximum absolute atomic E-state index is 13.4. The van der Waals surface area contributed by atoms with Crippen LogP contribution in [0.5, 0.6) is 11.5 Å². The lowest BCUT2D eigenvalue weighted by molar-refractivity contribution is -0.141. The summed E-state index contributed by atoms with van der Waals surface area (Å²) in [4.78, 5) is 45.7. The first-order chi connectivity index (χ1) is 18.3. The van der Waals surface area contributed by atoms with Gasteiger partial charge in [0.1, 0.15) is 30.2 Å². The molecule has 1 aliphatic heterocycles. The molecule has 0 saturated heterocycles. The van der Waals surface area contributed by atoms with Gasteiger partial charge >= 0.3 is 0 Å². The number of fused-ring (bicyclic) bond motifs is 1. The number of likely N-dealkylation sites (N-methyl/N-ethyl adjacent to an activating group) is 1. The van der Waals surface area contributed by atoms with Gasteiger partial charge in [-0.15, -0.1) is 0 Å². The van der Waals surface area contributed by atoms with Crippen molar-refractivity contribution < 1.29 is 24.2 Å². The molecule has 10 nitrogen and oxygen atoms in total. The average molecular weight is 524 g/mol. The number of carbonyl (C=O) groups excluding carboxylic acids is 3. The van der Waals surface area contributed by atoms with E-state index in [0.29, 0.717) is 38.3 Å². The van der Waals surface area contributed by atoms with E-state index in [9.17, 15) is 19.5 Å². The van der Waals surface area contributed by atoms with Crippen LogP contribution in [0.2, 0.25) is 0 Å². The molecule has 1 aromatic heterocycles. The Bertz CT molecular complexity index is 1120. The molecule has 204 valence electrons. The molecule has 4 rings (SSSR count). The van der Waals surface area contributed by atoms with Gasteiger partial charge in [-0.1, -0.05) is 12.1 Å². The number of hydrogen-bond acceptors (Lipinski definition) is 7. The summed E-state index contributed by atoms with van der Waals surface area (Å²) in [5.74, 6) is 0.169. The van der Waals surface area contributed by atoms with Crippen LogP contribution in [0.3, 0.4) is 0 Å². The Morgan fingerprint density at radius 2 is 1.84 bits per heavy atom. The number of phenolic OH excluding ortho intramolecular Hbond substituents is 1. The summed E-state index contributed by atoms with van der Waals surface area (Å²) >= 11 is 0. The van der Waals surface area contributed by atoms with E-state index in [0.717, 1.165) is 24.1 Å². The second-order valence-electron chi connectivity index (χ2n) is 10.0. The van der Waals surface area contributed by atoms with Crippen molar-refractivity contribution in [3.05, 3.63) is 53.9 Å². The number of amides is 3. The van der Waals surface area contributed by atoms with Gasteiger partial charge < -0.3 is 30.7 Å². The van der Waals surface area contributed by atoms with Crippen LogP contribution in [0, 0.1) is 5.92 Å². The van der Waals surface area contributed by atoms with Crippen molar-refractivity contribution in [2.24, 2.45) is 5.92 Å². The van der Waals surface area contributed by atoms with Gasteiger partial charge in [-0.2, -0.15) is 0 Å². The molecule has 10 heteroatoms. The Balaban J connectivity index is 1.54. The molecule has 2 aromatic rings. The van der Waals surface area contributed by atoms with Gasteiger partial charge in [0.15, 0.2) is 0 Å². The number of nitrogens with zero attached hydrogens (tertiary/aromatic N) is 2. The second-order valence-corrected chi connectivity index (χ2v) is 10.0. The largest absolute Gasteiger partial charge is 0.508 e. The monoisotopic (exact) mass is 523 g/mol. The number of ether oxygens (including phenoxy) is 1. The number of phenols is 1. The first kappa shape index (κ1) is 27.4. The Labute approximate surface area is 223 Å². The third kappa shape index (κ3) is 7.22. The molecule has 3 atom stereocenters. The molecule has 2 aliphatic rings. The van der Waals surface area contributed by atoms with E-state index in [1.165, 1.54) is 4.90 Å². The molecule has 1 aromatic carbocycles. The summed E-state index contributed by atoms with van der Waals surface area (Å²) in [6.07, 6.45) is 5.14. The Morgan fingerprint density at radius 1 is 1.08 bits per heavy atom. The van der Waals surface area contributed by atoms with E-state index >= 15 is 0 Å². The number of aryl methyl sites for hydroxylation is 1. The molecule has 0 spiro atoms. The van der Waals surface area contributed by atoms with Crippen molar-refractivity contribution in [1.29, 1.82) is 0 Å². The van der Waals surface area contributed by atoms with Crippen LogP contribution in [0.15, 0.2) is 42.6 Å². The fraction of sp³-hybridized carbons (Fsp3) is 0.500. The lowest BCUT2D eigenvalue weighted by atomic mass is 10.0. The zero-order valence-corrected chi connectivity index (χ0v) is 22.0. The number of carbonyl (C=O) groups is 3. The number of aromatic nitrogens is 1. The molecule has 1 saturated carbocycles. The number of rotatable bonds is 3. The average Bonchev–Trinajstić information content (AvgIpc) is 3.76. The minimum absolute atomic E-state index is 0.123. The van der Waals surface area contributed by atoms with E-state index in [1.54, 1.807) is 44.4 Å². The Kier molecular flexibility index (Phi) is 9.17. The maximum Gasteiger partial charge on any atom is 0.243 e. The van der Waals surface area contributed by atoms with Crippen molar-refractivity contribution in [2.75, 3.05) is 26.7 Å². The fourth-order valence-electron chi connectivity index (χ4n) is 4.55. The van der Waals surface area contributed by atoms with Crippen molar-refractivity contribution in [3.8, 4) is 11.5 Å². The highest BCUT2D eigenvalue weighted by Crippen LogP contribution is 2.33. The minimum atomic E-state index is -0.844. The van der Waals surface area contributed by atoms with Gasteiger partial charge in [0.25, 0.3) is 0 Å². The Morgan fingerprint density at radius 3 is 2.58 bits per heavy atom. The number of hydrogen-bond donors (Lipinski definition) is 4. The SMILES string of the molecule is C[C@@H]1C(=O)N[C@H](Cc2ccc(O)cc2)C(=O)NCCCc2ncccc2OCCN[C@@H](C2CC2)C(=O)N1C. The third-order valence-corrected chi connectivity index (χ3v) is 7.14. The lowest BCUT2D eigenvalue weighted by Crippen LogP contribution is -2.56. The molecule has 0 bridgehead atoms. The fourth-order valence-corrected chi connectivity index (χ4v) is 4.55. The minimum Gasteiger partial charge on any atom is -0.508 e. The molecule has 1 fully saturated rings. The first-order valence-electron chi connectivity index (χ1n) is 13.3. The van der Waals surface area contributed by atoms with Gasteiger partial charge in [0.2, 0.25) is 17.7 Å². The molecule has 38 heavy (non-hydrogen) atoms. The quantitative estimate of drug-likeness (QED) is 0.475. The van der Waals surface area contributed by atoms with Crippen LogP contribution in [0.4, 0.5) is 0 Å². The van der Waals surface area contributed by atoms with Gasteiger partial charge in [0.05, 0.1) is 11.7 Å². The standard InChI is InChI=1S/C28H37N5O5/c1-18-26(35)32-23(17-19-7-11-21(34)12-8-19)27(36)31-14-3-5-22-24(6-4-13-29-22)38-16-15-30-25(20-9-10-20)28(37)33(18)2/h4,6-8,11-13,18,20,23,25,30,34H,3,5,9-10,14-17H2,1-2H3,(H,31,36)(H,32,35)/t18-,23-,25+/m1/s1. The summed E-state index contributed by atoms with van der Waals surface area (Å²) in [6.45, 7) is 2.93. The van der Waals surface area contributed by atoms with E-state index in [-0.39, 0.29) is 29.9 Å². The molecule has 4 N–H and O–H groups in total. The van der Waals surface area contributed by atoms with Gasteiger partial charge in [-0.05, 0) is 68.4 Å². The summed E-state index contributed by atoms with van der Waals surface area (Å²) in [7, 11) is 1.62. The highest BCUT2D eigenvalue weighted by atomic mass is 16.5. The predicted octanol–water partition coefficient (Wildman–Crippen LogP) is 1.17. The van der Waals surface area contributed by atoms with Crippen molar-refractivity contribution in [2.45, 2.75) is 57.2 Å². The number of benzene rings is 1. The van der Waals surface area contributed by atoms with E-state index < -0.39 is 24.0 Å². The predicted molar refractivity (Wildman–Crippen MR) is 142 cm³/mol. The van der Waals surface area contributed by atoms with Crippen LogP contribution < -0.4 is 20.7 Å². The summed E-state index contributed by atoms with van der Waals surface area (Å²) in [5.41, 5.74) is 1.59. The van der Waals surface area contributed by atoms with Crippen LogP contribution in [-0.2, 0) is 27.2 Å². The van der Waals surface area contributed by atoms with Gasteiger partial charge in [0, 0.05) is 32.8 Å². The van der Waals surface area contributed by atoms with Gasteiger partial charge in [-0.25, -0.2) is 0 Å². The van der Waals surface area contributed by atoms with Crippen LogP contribution in [-0.4, -0.2) is 77.6 Å². The van der Waals surface area contributed by atoms with Crippen molar-refractivity contribution in [1.82, 2.24) is 25.8 Å². The highest BCUT2D eigenvalue weighted by molar-refractivity contribution is 5.93. The lowest BCUT2D eigenvalue weighted by Gasteiger charge is -2.30. The first-order valence-corrected chi connectivity index (χ1v) is 13.3. The second kappa shape index (κ2) is 12.7. The smallest absolute Gasteiger partial charge is 0.243 e. The van der Waals surface area contributed by atoms with Gasteiger partial charge in [-0.3, -0.25) is 19.4 Å². The molecular formula is C28H37N5O5. The topological polar surface area (TPSA) is 133 Å².